The fraction of sp³-hybridized carbons (Fsp3) is 0.600. The molecule has 0 aromatic heterocycles. The molecule has 0 aliphatic heterocycles. The average molecular weight is 233 g/mol. The predicted octanol–water partition coefficient (Wildman–Crippen LogP) is 3.36. The van der Waals surface area contributed by atoms with E-state index in [-0.39, 0.29) is 6.10 Å². The van der Waals surface area contributed by atoms with Crippen LogP contribution in [0.25, 0.3) is 0 Å². The van der Waals surface area contributed by atoms with Crippen LogP contribution in [0.4, 0.5) is 0 Å². The predicted molar refractivity (Wildman–Crippen MR) is 71.2 cm³/mol. The van der Waals surface area contributed by atoms with Gasteiger partial charge in [-0.2, -0.15) is 0 Å². The maximum Gasteiger partial charge on any atom is 0.119 e. The number of ether oxygens (including phenoxy) is 1. The van der Waals surface area contributed by atoms with Crippen LogP contribution in [0.3, 0.4) is 0 Å². The fourth-order valence-corrected chi connectivity index (χ4v) is 2.00. The second-order valence-corrected chi connectivity index (χ2v) is 5.32. The van der Waals surface area contributed by atoms with Gasteiger partial charge in [-0.3, -0.25) is 0 Å². The molecular weight excluding hydrogens is 210 g/mol. The lowest BCUT2D eigenvalue weighted by atomic mass is 10.1. The van der Waals surface area contributed by atoms with Gasteiger partial charge in [-0.15, -0.1) is 0 Å². The average Bonchev–Trinajstić information content (AvgIpc) is 3.11. The van der Waals surface area contributed by atoms with Gasteiger partial charge in [0, 0.05) is 12.6 Å². The number of rotatable bonds is 6. The summed E-state index contributed by atoms with van der Waals surface area (Å²) in [5.74, 6) is 1.87. The lowest BCUT2D eigenvalue weighted by molar-refractivity contribution is 0.242. The highest BCUT2D eigenvalue weighted by Crippen LogP contribution is 2.32. The molecule has 2 rings (SSSR count). The van der Waals surface area contributed by atoms with E-state index >= 15 is 0 Å². The van der Waals surface area contributed by atoms with Crippen LogP contribution in [0.15, 0.2) is 24.3 Å². The third-order valence-electron chi connectivity index (χ3n) is 3.25. The molecular formula is C15H23NO. The minimum Gasteiger partial charge on any atom is -0.491 e. The quantitative estimate of drug-likeness (QED) is 0.813. The van der Waals surface area contributed by atoms with E-state index in [0.717, 1.165) is 18.2 Å². The van der Waals surface area contributed by atoms with E-state index in [2.05, 4.69) is 36.5 Å². The zero-order valence-electron chi connectivity index (χ0n) is 11.1. The number of nitrogens with one attached hydrogen (secondary N) is 1. The van der Waals surface area contributed by atoms with Crippen molar-refractivity contribution >= 4 is 0 Å². The zero-order chi connectivity index (χ0) is 12.3. The van der Waals surface area contributed by atoms with Crippen molar-refractivity contribution in [1.29, 1.82) is 0 Å². The Bertz CT molecular complexity index is 340. The van der Waals surface area contributed by atoms with E-state index in [1.807, 2.05) is 13.8 Å². The lowest BCUT2D eigenvalue weighted by Crippen LogP contribution is -2.27. The zero-order valence-corrected chi connectivity index (χ0v) is 11.1. The third kappa shape index (κ3) is 4.04. The number of hydrogen-bond donors (Lipinski definition) is 1. The molecule has 0 amide bonds. The van der Waals surface area contributed by atoms with Crippen molar-refractivity contribution in [2.45, 2.75) is 52.3 Å². The SMILES string of the molecule is CC(C)Oc1ccc(CNC(C)C2CC2)cc1. The standard InChI is InChI=1S/C15H23NO/c1-11(2)17-15-8-4-13(5-9-15)10-16-12(3)14-6-7-14/h4-5,8-9,11-12,14,16H,6-7,10H2,1-3H3. The molecule has 1 aliphatic carbocycles. The Hall–Kier alpha value is -1.02. The number of benzene rings is 1. The van der Waals surface area contributed by atoms with Crippen molar-refractivity contribution in [1.82, 2.24) is 5.32 Å². The van der Waals surface area contributed by atoms with E-state index in [0.29, 0.717) is 6.04 Å². The Balaban J connectivity index is 1.80. The first kappa shape index (κ1) is 12.4. The molecule has 1 aromatic rings. The van der Waals surface area contributed by atoms with E-state index < -0.39 is 0 Å². The molecule has 94 valence electrons. The fourth-order valence-electron chi connectivity index (χ4n) is 2.00. The summed E-state index contributed by atoms with van der Waals surface area (Å²) < 4.78 is 5.62. The van der Waals surface area contributed by atoms with Gasteiger partial charge < -0.3 is 10.1 Å². The molecule has 0 heterocycles. The minimum absolute atomic E-state index is 0.244. The molecule has 1 saturated carbocycles. The molecule has 0 spiro atoms. The molecule has 1 unspecified atom stereocenters. The highest BCUT2D eigenvalue weighted by Gasteiger charge is 2.27. The topological polar surface area (TPSA) is 21.3 Å². The van der Waals surface area contributed by atoms with Gasteiger partial charge in [0.1, 0.15) is 5.75 Å². The summed E-state index contributed by atoms with van der Waals surface area (Å²) in [4.78, 5) is 0. The van der Waals surface area contributed by atoms with Gasteiger partial charge in [0.15, 0.2) is 0 Å². The van der Waals surface area contributed by atoms with E-state index in [1.165, 1.54) is 18.4 Å². The van der Waals surface area contributed by atoms with Gasteiger partial charge in [0.2, 0.25) is 0 Å². The largest absolute Gasteiger partial charge is 0.491 e. The molecule has 1 fully saturated rings. The Morgan fingerprint density at radius 1 is 1.18 bits per heavy atom. The van der Waals surface area contributed by atoms with Crippen molar-refractivity contribution in [3.05, 3.63) is 29.8 Å². The van der Waals surface area contributed by atoms with Gasteiger partial charge in [-0.25, -0.2) is 0 Å². The Morgan fingerprint density at radius 2 is 1.82 bits per heavy atom. The summed E-state index contributed by atoms with van der Waals surface area (Å²) in [5.41, 5.74) is 1.33. The van der Waals surface area contributed by atoms with Crippen LogP contribution in [0.5, 0.6) is 5.75 Å². The molecule has 1 atom stereocenters. The first-order chi connectivity index (χ1) is 8.15. The summed E-state index contributed by atoms with van der Waals surface area (Å²) in [6.07, 6.45) is 3.04. The minimum atomic E-state index is 0.244. The van der Waals surface area contributed by atoms with Gasteiger partial charge in [0.05, 0.1) is 6.10 Å². The van der Waals surface area contributed by atoms with Crippen molar-refractivity contribution in [3.63, 3.8) is 0 Å². The molecule has 1 aliphatic rings. The highest BCUT2D eigenvalue weighted by molar-refractivity contribution is 5.27. The summed E-state index contributed by atoms with van der Waals surface area (Å²) in [6, 6.07) is 9.05. The maximum absolute atomic E-state index is 5.62. The van der Waals surface area contributed by atoms with Gasteiger partial charge in [-0.05, 0) is 57.2 Å². The Kier molecular flexibility index (Phi) is 4.06. The van der Waals surface area contributed by atoms with Crippen LogP contribution < -0.4 is 10.1 Å². The van der Waals surface area contributed by atoms with Crippen molar-refractivity contribution in [3.8, 4) is 5.75 Å². The first-order valence-corrected chi connectivity index (χ1v) is 6.64. The van der Waals surface area contributed by atoms with E-state index in [1.54, 1.807) is 0 Å². The Morgan fingerprint density at radius 3 is 2.35 bits per heavy atom. The molecule has 1 aromatic carbocycles. The number of hydrogen-bond acceptors (Lipinski definition) is 2. The smallest absolute Gasteiger partial charge is 0.119 e. The monoisotopic (exact) mass is 233 g/mol. The molecule has 1 N–H and O–H groups in total. The van der Waals surface area contributed by atoms with Crippen molar-refractivity contribution in [2.75, 3.05) is 0 Å². The summed E-state index contributed by atoms with van der Waals surface area (Å²) in [6.45, 7) is 7.34. The van der Waals surface area contributed by atoms with Crippen LogP contribution in [0.1, 0.15) is 39.2 Å². The van der Waals surface area contributed by atoms with Gasteiger partial charge >= 0.3 is 0 Å². The van der Waals surface area contributed by atoms with Crippen LogP contribution in [-0.2, 0) is 6.54 Å². The third-order valence-corrected chi connectivity index (χ3v) is 3.25. The Labute approximate surface area is 104 Å². The maximum atomic E-state index is 5.62. The van der Waals surface area contributed by atoms with Crippen molar-refractivity contribution in [2.24, 2.45) is 5.92 Å². The molecule has 0 bridgehead atoms. The van der Waals surface area contributed by atoms with Gasteiger partial charge in [-0.1, -0.05) is 12.1 Å². The lowest BCUT2D eigenvalue weighted by Gasteiger charge is -2.13. The van der Waals surface area contributed by atoms with Crippen LogP contribution in [0.2, 0.25) is 0 Å². The summed E-state index contributed by atoms with van der Waals surface area (Å²) in [5, 5.41) is 3.58. The second-order valence-electron chi connectivity index (χ2n) is 5.32. The van der Waals surface area contributed by atoms with Crippen molar-refractivity contribution < 1.29 is 4.74 Å². The summed E-state index contributed by atoms with van der Waals surface area (Å²) in [7, 11) is 0. The van der Waals surface area contributed by atoms with Crippen LogP contribution in [0, 0.1) is 5.92 Å². The molecule has 17 heavy (non-hydrogen) atoms. The molecule has 0 saturated heterocycles. The van der Waals surface area contributed by atoms with Gasteiger partial charge in [0.25, 0.3) is 0 Å². The molecule has 2 heteroatoms. The van der Waals surface area contributed by atoms with E-state index in [9.17, 15) is 0 Å². The normalized spacial score (nSPS) is 17.2. The van der Waals surface area contributed by atoms with E-state index in [4.69, 9.17) is 4.74 Å². The summed E-state index contributed by atoms with van der Waals surface area (Å²) >= 11 is 0. The first-order valence-electron chi connectivity index (χ1n) is 6.64. The molecule has 2 nitrogen and oxygen atoms in total. The molecule has 0 radical (unpaired) electrons. The van der Waals surface area contributed by atoms with Crippen LogP contribution >= 0.6 is 0 Å². The second kappa shape index (κ2) is 5.54. The highest BCUT2D eigenvalue weighted by atomic mass is 16.5. The van der Waals surface area contributed by atoms with Crippen LogP contribution in [-0.4, -0.2) is 12.1 Å².